The van der Waals surface area contributed by atoms with Gasteiger partial charge in [-0.3, -0.25) is 0 Å². The molecule has 0 bridgehead atoms. The van der Waals surface area contributed by atoms with E-state index in [1.165, 1.54) is 0 Å². The summed E-state index contributed by atoms with van der Waals surface area (Å²) in [5.41, 5.74) is 5.51. The Bertz CT molecular complexity index is 141. The number of aliphatic hydroxyl groups is 1. The second-order valence-corrected chi connectivity index (χ2v) is 3.99. The molecule has 0 aliphatic carbocycles. The number of nitrogens with zero attached hydrogens (tertiary/aromatic N) is 1. The van der Waals surface area contributed by atoms with E-state index >= 15 is 0 Å². The molecule has 78 valence electrons. The average Bonchev–Trinajstić information content (AvgIpc) is 2.12. The molecule has 0 amide bonds. The van der Waals surface area contributed by atoms with Gasteiger partial charge >= 0.3 is 0 Å². The number of rotatable bonds is 4. The number of nitrogens with two attached hydrogens (primary N) is 1. The molecule has 1 rings (SSSR count). The number of hydrogen-bond acceptors (Lipinski definition) is 3. The quantitative estimate of drug-likeness (QED) is 0.669. The van der Waals surface area contributed by atoms with Crippen LogP contribution < -0.4 is 5.73 Å². The van der Waals surface area contributed by atoms with E-state index in [9.17, 15) is 5.11 Å². The zero-order valence-electron chi connectivity index (χ0n) is 8.58. The highest BCUT2D eigenvalue weighted by Crippen LogP contribution is 2.20. The van der Waals surface area contributed by atoms with E-state index in [1.54, 1.807) is 0 Å². The van der Waals surface area contributed by atoms with Gasteiger partial charge < -0.3 is 15.7 Å². The summed E-state index contributed by atoms with van der Waals surface area (Å²) >= 11 is 0. The highest BCUT2D eigenvalue weighted by molar-refractivity contribution is 4.79. The monoisotopic (exact) mass is 186 g/mol. The molecule has 2 atom stereocenters. The Morgan fingerprint density at radius 1 is 1.54 bits per heavy atom. The maximum absolute atomic E-state index is 9.73. The Hall–Kier alpha value is -0.120. The summed E-state index contributed by atoms with van der Waals surface area (Å²) in [5, 5.41) is 9.73. The predicted octanol–water partition coefficient (Wildman–Crippen LogP) is 0.428. The Labute approximate surface area is 80.9 Å². The number of piperidine rings is 1. The Balaban J connectivity index is 2.33. The lowest BCUT2D eigenvalue weighted by Gasteiger charge is -2.35. The largest absolute Gasteiger partial charge is 0.393 e. The average molecular weight is 186 g/mol. The summed E-state index contributed by atoms with van der Waals surface area (Å²) < 4.78 is 0. The van der Waals surface area contributed by atoms with Crippen molar-refractivity contribution in [2.75, 3.05) is 26.2 Å². The Kier molecular flexibility index (Phi) is 4.70. The molecular formula is C10H22N2O. The molecule has 0 spiro atoms. The van der Waals surface area contributed by atoms with Gasteiger partial charge in [-0.05, 0) is 18.8 Å². The highest BCUT2D eigenvalue weighted by atomic mass is 16.3. The van der Waals surface area contributed by atoms with Crippen molar-refractivity contribution in [3.8, 4) is 0 Å². The van der Waals surface area contributed by atoms with Crippen LogP contribution in [0, 0.1) is 5.92 Å². The summed E-state index contributed by atoms with van der Waals surface area (Å²) in [6.07, 6.45) is 3.15. The standard InChI is InChI=1S/C10H22N2O/c1-2-3-9-8-12(7-5-11)6-4-10(9)13/h9-10,13H,2-8,11H2,1H3/t9-,10-/m1/s1. The van der Waals surface area contributed by atoms with Crippen molar-refractivity contribution in [1.29, 1.82) is 0 Å². The van der Waals surface area contributed by atoms with Crippen LogP contribution in [0.4, 0.5) is 0 Å². The van der Waals surface area contributed by atoms with E-state index in [2.05, 4.69) is 11.8 Å². The first kappa shape index (κ1) is 11.0. The van der Waals surface area contributed by atoms with Crippen molar-refractivity contribution >= 4 is 0 Å². The van der Waals surface area contributed by atoms with Gasteiger partial charge in [-0.25, -0.2) is 0 Å². The van der Waals surface area contributed by atoms with Gasteiger partial charge in [0.15, 0.2) is 0 Å². The van der Waals surface area contributed by atoms with Crippen molar-refractivity contribution < 1.29 is 5.11 Å². The maximum Gasteiger partial charge on any atom is 0.0592 e. The first-order chi connectivity index (χ1) is 6.27. The Morgan fingerprint density at radius 2 is 2.31 bits per heavy atom. The molecule has 1 aliphatic rings. The van der Waals surface area contributed by atoms with Crippen molar-refractivity contribution in [1.82, 2.24) is 4.90 Å². The molecule has 1 fully saturated rings. The lowest BCUT2D eigenvalue weighted by molar-refractivity contribution is 0.0239. The molecule has 0 aromatic heterocycles. The predicted molar refractivity (Wildman–Crippen MR) is 54.5 cm³/mol. The van der Waals surface area contributed by atoms with Crippen LogP contribution in [0.2, 0.25) is 0 Å². The van der Waals surface area contributed by atoms with E-state index < -0.39 is 0 Å². The van der Waals surface area contributed by atoms with Gasteiger partial charge in [0.05, 0.1) is 6.10 Å². The third-order valence-electron chi connectivity index (χ3n) is 2.88. The molecular weight excluding hydrogens is 164 g/mol. The van der Waals surface area contributed by atoms with E-state index in [0.29, 0.717) is 5.92 Å². The fourth-order valence-electron chi connectivity index (χ4n) is 2.14. The normalized spacial score (nSPS) is 30.7. The second kappa shape index (κ2) is 5.58. The first-order valence-electron chi connectivity index (χ1n) is 5.38. The first-order valence-corrected chi connectivity index (χ1v) is 5.38. The molecule has 3 N–H and O–H groups in total. The lowest BCUT2D eigenvalue weighted by Crippen LogP contribution is -2.44. The molecule has 3 heteroatoms. The van der Waals surface area contributed by atoms with Gasteiger partial charge in [-0.15, -0.1) is 0 Å². The minimum atomic E-state index is -0.0750. The van der Waals surface area contributed by atoms with Crippen molar-refractivity contribution in [2.24, 2.45) is 11.7 Å². The topological polar surface area (TPSA) is 49.5 Å². The van der Waals surface area contributed by atoms with Gasteiger partial charge in [0.1, 0.15) is 0 Å². The zero-order chi connectivity index (χ0) is 9.68. The zero-order valence-corrected chi connectivity index (χ0v) is 8.58. The minimum Gasteiger partial charge on any atom is -0.393 e. The van der Waals surface area contributed by atoms with Crippen LogP contribution in [0.5, 0.6) is 0 Å². The van der Waals surface area contributed by atoms with Crippen LogP contribution in [0.3, 0.4) is 0 Å². The van der Waals surface area contributed by atoms with Crippen LogP contribution in [0.25, 0.3) is 0 Å². The van der Waals surface area contributed by atoms with Crippen molar-refractivity contribution in [2.45, 2.75) is 32.3 Å². The summed E-state index contributed by atoms with van der Waals surface area (Å²) in [4.78, 5) is 2.37. The van der Waals surface area contributed by atoms with Gasteiger partial charge in [0.2, 0.25) is 0 Å². The lowest BCUT2D eigenvalue weighted by atomic mass is 9.91. The summed E-state index contributed by atoms with van der Waals surface area (Å²) in [6, 6.07) is 0. The molecule has 1 aliphatic heterocycles. The molecule has 13 heavy (non-hydrogen) atoms. The smallest absolute Gasteiger partial charge is 0.0592 e. The minimum absolute atomic E-state index is 0.0750. The molecule has 0 radical (unpaired) electrons. The van der Waals surface area contributed by atoms with E-state index in [1.807, 2.05) is 0 Å². The highest BCUT2D eigenvalue weighted by Gasteiger charge is 2.26. The number of hydrogen-bond donors (Lipinski definition) is 2. The van der Waals surface area contributed by atoms with Gasteiger partial charge in [-0.2, -0.15) is 0 Å². The van der Waals surface area contributed by atoms with Crippen LogP contribution in [0.15, 0.2) is 0 Å². The SMILES string of the molecule is CCC[C@@H]1CN(CCN)CC[C@H]1O. The molecule has 3 nitrogen and oxygen atoms in total. The Morgan fingerprint density at radius 3 is 2.92 bits per heavy atom. The summed E-state index contributed by atoms with van der Waals surface area (Å²) in [6.45, 7) is 5.93. The third kappa shape index (κ3) is 3.25. The molecule has 0 unspecified atom stereocenters. The van der Waals surface area contributed by atoms with E-state index in [4.69, 9.17) is 5.73 Å². The molecule has 0 aromatic rings. The molecule has 0 saturated carbocycles. The van der Waals surface area contributed by atoms with Crippen LogP contribution in [0.1, 0.15) is 26.2 Å². The van der Waals surface area contributed by atoms with Crippen molar-refractivity contribution in [3.63, 3.8) is 0 Å². The summed E-state index contributed by atoms with van der Waals surface area (Å²) in [5.74, 6) is 0.477. The number of likely N-dealkylation sites (tertiary alicyclic amines) is 1. The fourth-order valence-corrected chi connectivity index (χ4v) is 2.14. The maximum atomic E-state index is 9.73. The van der Waals surface area contributed by atoms with Crippen LogP contribution in [-0.2, 0) is 0 Å². The second-order valence-electron chi connectivity index (χ2n) is 3.99. The van der Waals surface area contributed by atoms with Crippen LogP contribution in [-0.4, -0.2) is 42.3 Å². The third-order valence-corrected chi connectivity index (χ3v) is 2.88. The molecule has 1 heterocycles. The molecule has 0 aromatic carbocycles. The number of aliphatic hydroxyl groups excluding tert-OH is 1. The van der Waals surface area contributed by atoms with Gasteiger partial charge in [0.25, 0.3) is 0 Å². The van der Waals surface area contributed by atoms with Crippen molar-refractivity contribution in [3.05, 3.63) is 0 Å². The van der Waals surface area contributed by atoms with Gasteiger partial charge in [0, 0.05) is 26.2 Å². The van der Waals surface area contributed by atoms with E-state index in [-0.39, 0.29) is 6.10 Å². The summed E-state index contributed by atoms with van der Waals surface area (Å²) in [7, 11) is 0. The molecule has 1 saturated heterocycles. The van der Waals surface area contributed by atoms with Gasteiger partial charge in [-0.1, -0.05) is 13.3 Å². The van der Waals surface area contributed by atoms with Crippen LogP contribution >= 0.6 is 0 Å². The fraction of sp³-hybridized carbons (Fsp3) is 1.00. The van der Waals surface area contributed by atoms with E-state index in [0.717, 1.165) is 45.4 Å².